The van der Waals surface area contributed by atoms with Crippen molar-refractivity contribution in [3.05, 3.63) is 70.3 Å². The van der Waals surface area contributed by atoms with E-state index >= 15 is 0 Å². The minimum Gasteiger partial charge on any atom is -0.493 e. The van der Waals surface area contributed by atoms with Crippen molar-refractivity contribution in [1.29, 1.82) is 15.9 Å². The van der Waals surface area contributed by atoms with E-state index < -0.39 is 11.8 Å². The van der Waals surface area contributed by atoms with Crippen LogP contribution in [0.15, 0.2) is 59.1 Å². The van der Waals surface area contributed by atoms with Crippen LogP contribution in [0.5, 0.6) is 11.5 Å². The van der Waals surface area contributed by atoms with Gasteiger partial charge in [-0.25, -0.2) is 0 Å². The Labute approximate surface area is 167 Å². The number of rotatable bonds is 5. The van der Waals surface area contributed by atoms with Crippen LogP contribution in [0.2, 0.25) is 0 Å². The zero-order valence-corrected chi connectivity index (χ0v) is 16.0. The number of thioether (sulfide) groups is 1. The van der Waals surface area contributed by atoms with Gasteiger partial charge in [-0.15, -0.1) is 0 Å². The Hall–Kier alpha value is -3.42. The summed E-state index contributed by atoms with van der Waals surface area (Å²) in [6, 6.07) is 19.3. The van der Waals surface area contributed by atoms with Gasteiger partial charge in [0, 0.05) is 5.92 Å². The molecule has 0 radical (unpaired) electrons. The molecule has 6 nitrogen and oxygen atoms in total. The van der Waals surface area contributed by atoms with Crippen LogP contribution in [-0.2, 0) is 6.61 Å². The third kappa shape index (κ3) is 3.80. The number of hydrogen-bond acceptors (Lipinski definition) is 7. The smallest absolute Gasteiger partial charge is 0.161 e. The summed E-state index contributed by atoms with van der Waals surface area (Å²) in [4.78, 5) is 0. The molecule has 3 rings (SSSR count). The summed E-state index contributed by atoms with van der Waals surface area (Å²) in [6.07, 6.45) is 0. The number of ether oxygens (including phenoxy) is 2. The van der Waals surface area contributed by atoms with Crippen LogP contribution in [0.25, 0.3) is 0 Å². The number of hydrogen-bond donors (Lipinski definition) is 2. The van der Waals surface area contributed by atoms with Crippen LogP contribution >= 0.6 is 11.8 Å². The predicted octanol–water partition coefficient (Wildman–Crippen LogP) is 3.92. The van der Waals surface area contributed by atoms with Crippen LogP contribution in [0.4, 0.5) is 0 Å². The lowest BCUT2D eigenvalue weighted by molar-refractivity contribution is 0.284. The van der Waals surface area contributed by atoms with Crippen molar-refractivity contribution in [2.24, 2.45) is 11.7 Å². The fourth-order valence-electron chi connectivity index (χ4n) is 3.06. The molecule has 3 N–H and O–H groups in total. The molecule has 0 saturated carbocycles. The van der Waals surface area contributed by atoms with E-state index in [1.165, 1.54) is 7.11 Å². The Kier molecular flexibility index (Phi) is 5.88. The number of methoxy groups -OCH3 is 1. The largest absolute Gasteiger partial charge is 0.493 e. The van der Waals surface area contributed by atoms with Crippen molar-refractivity contribution in [3.63, 3.8) is 0 Å². The molecule has 0 unspecified atom stereocenters. The number of nitrogens with one attached hydrogen (secondary N) is 1. The average Bonchev–Trinajstić information content (AvgIpc) is 2.72. The molecule has 2 aromatic carbocycles. The summed E-state index contributed by atoms with van der Waals surface area (Å²) in [5, 5.41) is 27.6. The molecule has 0 aliphatic carbocycles. The molecule has 0 spiro atoms. The van der Waals surface area contributed by atoms with Crippen molar-refractivity contribution < 1.29 is 9.47 Å². The monoisotopic (exact) mass is 390 g/mol. The highest BCUT2D eigenvalue weighted by molar-refractivity contribution is 8.17. The van der Waals surface area contributed by atoms with Crippen LogP contribution < -0.4 is 15.2 Å². The van der Waals surface area contributed by atoms with Gasteiger partial charge in [-0.1, -0.05) is 48.2 Å². The zero-order chi connectivity index (χ0) is 20.1. The molecule has 140 valence electrons. The fourth-order valence-corrected chi connectivity index (χ4v) is 3.89. The first-order chi connectivity index (χ1) is 13.6. The van der Waals surface area contributed by atoms with Gasteiger partial charge in [0.05, 0.1) is 34.9 Å². The molecular formula is C21H18N4O2S. The Balaban J connectivity index is 1.94. The van der Waals surface area contributed by atoms with E-state index in [9.17, 15) is 10.5 Å². The molecule has 2 aromatic rings. The molecule has 1 aliphatic rings. The Bertz CT molecular complexity index is 1010. The second-order valence-corrected chi connectivity index (χ2v) is 7.21. The molecule has 0 bridgehead atoms. The lowest BCUT2D eigenvalue weighted by Crippen LogP contribution is -2.26. The number of allylic oxidation sites excluding steroid dienone is 1. The summed E-state index contributed by atoms with van der Waals surface area (Å²) in [6.45, 7) is 0.387. The Morgan fingerprint density at radius 2 is 1.89 bits per heavy atom. The van der Waals surface area contributed by atoms with E-state index in [1.54, 1.807) is 18.2 Å². The minimum absolute atomic E-state index is 0.132. The van der Waals surface area contributed by atoms with Gasteiger partial charge in [-0.3, -0.25) is 5.41 Å². The van der Waals surface area contributed by atoms with Gasteiger partial charge in [0.25, 0.3) is 0 Å². The summed E-state index contributed by atoms with van der Waals surface area (Å²) in [5.41, 5.74) is 7.96. The fraction of sp³-hybridized carbons (Fsp3) is 0.190. The average molecular weight is 390 g/mol. The number of nitriles is 2. The van der Waals surface area contributed by atoms with Crippen molar-refractivity contribution in [3.8, 4) is 23.6 Å². The van der Waals surface area contributed by atoms with E-state index in [2.05, 4.69) is 12.1 Å². The first kappa shape index (κ1) is 19.3. The molecule has 1 aliphatic heterocycles. The zero-order valence-electron chi connectivity index (χ0n) is 15.2. The Morgan fingerprint density at radius 3 is 2.54 bits per heavy atom. The van der Waals surface area contributed by atoms with Gasteiger partial charge >= 0.3 is 0 Å². The highest BCUT2D eigenvalue weighted by Gasteiger charge is 2.37. The first-order valence-electron chi connectivity index (χ1n) is 8.49. The standard InChI is InChI=1S/C21H18N4O2S/c1-26-18-9-14(7-8-17(18)27-12-13-5-3-2-4-6-13)19-15(10-22)20(24)28-21(25)16(19)11-23/h2-9,15,19,24H,12,25H2,1H3/t15-,19+/m0/s1. The SMILES string of the molecule is COc1cc([C@H]2C(C#N)=C(N)SC(=N)[C@H]2C#N)ccc1OCc1ccccc1. The van der Waals surface area contributed by atoms with Crippen molar-refractivity contribution in [2.45, 2.75) is 12.5 Å². The second kappa shape index (κ2) is 8.51. The van der Waals surface area contributed by atoms with Gasteiger partial charge in [-0.05, 0) is 23.3 Å². The minimum atomic E-state index is -0.771. The normalized spacial score (nSPS) is 18.9. The topological polar surface area (TPSA) is 116 Å². The van der Waals surface area contributed by atoms with Crippen molar-refractivity contribution >= 4 is 16.8 Å². The van der Waals surface area contributed by atoms with Gasteiger partial charge in [0.2, 0.25) is 0 Å². The second-order valence-electron chi connectivity index (χ2n) is 6.13. The molecule has 0 saturated heterocycles. The molecular weight excluding hydrogens is 372 g/mol. The van der Waals surface area contributed by atoms with Gasteiger partial charge in [0.15, 0.2) is 11.5 Å². The molecule has 0 aromatic heterocycles. The van der Waals surface area contributed by atoms with E-state index in [-0.39, 0.29) is 10.1 Å². The van der Waals surface area contributed by atoms with Crippen LogP contribution in [0.3, 0.4) is 0 Å². The maximum atomic E-state index is 9.55. The highest BCUT2D eigenvalue weighted by atomic mass is 32.2. The summed E-state index contributed by atoms with van der Waals surface area (Å²) in [7, 11) is 1.53. The summed E-state index contributed by atoms with van der Waals surface area (Å²) >= 11 is 0.964. The lowest BCUT2D eigenvalue weighted by Gasteiger charge is -2.28. The quantitative estimate of drug-likeness (QED) is 0.799. The number of nitrogens with two attached hydrogens (primary N) is 1. The van der Waals surface area contributed by atoms with E-state index in [1.807, 2.05) is 30.3 Å². The third-order valence-corrected chi connectivity index (χ3v) is 5.37. The van der Waals surface area contributed by atoms with Gasteiger partial charge in [0.1, 0.15) is 12.5 Å². The molecule has 0 fully saturated rings. The third-order valence-electron chi connectivity index (χ3n) is 4.46. The highest BCUT2D eigenvalue weighted by Crippen LogP contribution is 2.44. The molecule has 2 atom stereocenters. The summed E-state index contributed by atoms with van der Waals surface area (Å²) < 4.78 is 11.3. The lowest BCUT2D eigenvalue weighted by atomic mass is 9.81. The van der Waals surface area contributed by atoms with Crippen LogP contribution in [0.1, 0.15) is 17.0 Å². The Morgan fingerprint density at radius 1 is 1.14 bits per heavy atom. The van der Waals surface area contributed by atoms with Gasteiger partial charge in [-0.2, -0.15) is 10.5 Å². The number of benzene rings is 2. The van der Waals surface area contributed by atoms with Crippen molar-refractivity contribution in [2.75, 3.05) is 7.11 Å². The van der Waals surface area contributed by atoms with Crippen molar-refractivity contribution in [1.82, 2.24) is 0 Å². The predicted molar refractivity (Wildman–Crippen MR) is 108 cm³/mol. The molecule has 0 amide bonds. The van der Waals surface area contributed by atoms with Crippen LogP contribution in [0, 0.1) is 34.0 Å². The molecule has 1 heterocycles. The molecule has 7 heteroatoms. The van der Waals surface area contributed by atoms with Crippen LogP contribution in [-0.4, -0.2) is 12.2 Å². The van der Waals surface area contributed by atoms with Gasteiger partial charge < -0.3 is 15.2 Å². The van der Waals surface area contributed by atoms with E-state index in [0.717, 1.165) is 17.3 Å². The van der Waals surface area contributed by atoms with E-state index in [4.69, 9.17) is 20.6 Å². The number of nitrogens with zero attached hydrogens (tertiary/aromatic N) is 2. The van der Waals surface area contributed by atoms with E-state index in [0.29, 0.717) is 29.2 Å². The maximum absolute atomic E-state index is 9.55. The first-order valence-corrected chi connectivity index (χ1v) is 9.31. The summed E-state index contributed by atoms with van der Waals surface area (Å²) in [5.74, 6) is -0.335. The maximum Gasteiger partial charge on any atom is 0.161 e. The molecule has 28 heavy (non-hydrogen) atoms.